The fraction of sp³-hybridized carbons (Fsp3) is 0.417. The lowest BCUT2D eigenvalue weighted by Gasteiger charge is -2.35. The Morgan fingerprint density at radius 2 is 1.94 bits per heavy atom. The van der Waals surface area contributed by atoms with Crippen molar-refractivity contribution in [1.82, 2.24) is 9.97 Å². The molecule has 17 heavy (non-hydrogen) atoms. The number of benzene rings is 1. The smallest absolute Gasteiger partial charge is 0.323 e. The van der Waals surface area contributed by atoms with Crippen molar-refractivity contribution in [2.45, 2.75) is 19.4 Å². The molecule has 0 unspecified atom stereocenters. The largest absolute Gasteiger partial charge is 0.394 e. The number of rotatable bonds is 3. The average Bonchev–Trinajstić information content (AvgIpc) is 2.66. The van der Waals surface area contributed by atoms with Gasteiger partial charge >= 0.3 is 5.69 Å². The van der Waals surface area contributed by atoms with Gasteiger partial charge in [0.15, 0.2) is 0 Å². The highest BCUT2D eigenvalue weighted by atomic mass is 16.3. The Labute approximate surface area is 99.1 Å². The van der Waals surface area contributed by atoms with Crippen LogP contribution in [0.5, 0.6) is 0 Å². The topological polar surface area (TPSA) is 72.1 Å². The standard InChI is InChI=1S/C12H17N3O2/c1-12(2,7-16)15(3)8-4-5-9-10(6-8)14-11(17)13-9/h4-6,16H,7H2,1-3H3,(H2,13,14,17). The van der Waals surface area contributed by atoms with Gasteiger partial charge in [-0.3, -0.25) is 0 Å². The number of aliphatic hydroxyl groups excluding tert-OH is 1. The van der Waals surface area contributed by atoms with Gasteiger partial charge in [0.25, 0.3) is 0 Å². The predicted molar refractivity (Wildman–Crippen MR) is 68.5 cm³/mol. The number of nitrogens with one attached hydrogen (secondary N) is 2. The van der Waals surface area contributed by atoms with Gasteiger partial charge in [-0.25, -0.2) is 4.79 Å². The van der Waals surface area contributed by atoms with Crippen LogP contribution in [-0.4, -0.2) is 34.3 Å². The van der Waals surface area contributed by atoms with Crippen LogP contribution in [0.2, 0.25) is 0 Å². The van der Waals surface area contributed by atoms with E-state index in [1.54, 1.807) is 0 Å². The molecule has 0 saturated carbocycles. The van der Waals surface area contributed by atoms with Crippen LogP contribution < -0.4 is 10.6 Å². The van der Waals surface area contributed by atoms with Crippen LogP contribution in [0.4, 0.5) is 5.69 Å². The summed E-state index contributed by atoms with van der Waals surface area (Å²) in [5, 5.41) is 9.34. The maximum absolute atomic E-state index is 11.2. The van der Waals surface area contributed by atoms with E-state index in [9.17, 15) is 9.90 Å². The van der Waals surface area contributed by atoms with Crippen LogP contribution >= 0.6 is 0 Å². The second-order valence-corrected chi connectivity index (χ2v) is 4.84. The third kappa shape index (κ3) is 2.06. The molecule has 5 nitrogen and oxygen atoms in total. The zero-order valence-electron chi connectivity index (χ0n) is 10.2. The van der Waals surface area contributed by atoms with Gasteiger partial charge in [0.1, 0.15) is 0 Å². The number of aromatic amines is 2. The number of nitrogens with zero attached hydrogens (tertiary/aromatic N) is 1. The summed E-state index contributed by atoms with van der Waals surface area (Å²) in [6.45, 7) is 3.97. The molecule has 0 bridgehead atoms. The van der Waals surface area contributed by atoms with E-state index in [2.05, 4.69) is 9.97 Å². The molecule has 2 aromatic rings. The first-order valence-corrected chi connectivity index (χ1v) is 5.51. The normalized spacial score (nSPS) is 12.0. The van der Waals surface area contributed by atoms with E-state index in [-0.39, 0.29) is 17.8 Å². The maximum Gasteiger partial charge on any atom is 0.323 e. The molecule has 92 valence electrons. The SMILES string of the molecule is CN(c1ccc2[nH]c(=O)[nH]c2c1)C(C)(C)CO. The summed E-state index contributed by atoms with van der Waals surface area (Å²) in [5.74, 6) is 0. The lowest BCUT2D eigenvalue weighted by atomic mass is 10.0. The van der Waals surface area contributed by atoms with Crippen LogP contribution in [-0.2, 0) is 0 Å². The Morgan fingerprint density at radius 1 is 1.29 bits per heavy atom. The summed E-state index contributed by atoms with van der Waals surface area (Å²) < 4.78 is 0. The quantitative estimate of drug-likeness (QED) is 0.745. The monoisotopic (exact) mass is 235 g/mol. The molecule has 0 spiro atoms. The number of H-pyrrole nitrogens is 2. The number of fused-ring (bicyclic) bond motifs is 1. The first kappa shape index (κ1) is 11.7. The lowest BCUT2D eigenvalue weighted by Crippen LogP contribution is -2.44. The highest BCUT2D eigenvalue weighted by Crippen LogP contribution is 2.24. The summed E-state index contributed by atoms with van der Waals surface area (Å²) in [4.78, 5) is 18.6. The summed E-state index contributed by atoms with van der Waals surface area (Å²) in [6.07, 6.45) is 0. The highest BCUT2D eigenvalue weighted by molar-refractivity contribution is 5.79. The summed E-state index contributed by atoms with van der Waals surface area (Å²) in [5.41, 5.74) is 1.96. The van der Waals surface area contributed by atoms with Crippen molar-refractivity contribution >= 4 is 16.7 Å². The van der Waals surface area contributed by atoms with Crippen molar-refractivity contribution in [1.29, 1.82) is 0 Å². The fourth-order valence-corrected chi connectivity index (χ4v) is 1.68. The predicted octanol–water partition coefficient (Wildman–Crippen LogP) is 1.06. The number of hydrogen-bond acceptors (Lipinski definition) is 3. The molecule has 0 aliphatic rings. The molecule has 0 aliphatic heterocycles. The lowest BCUT2D eigenvalue weighted by molar-refractivity contribution is 0.216. The van der Waals surface area contributed by atoms with E-state index in [0.717, 1.165) is 16.7 Å². The molecule has 0 fully saturated rings. The second kappa shape index (κ2) is 3.92. The van der Waals surface area contributed by atoms with E-state index in [0.29, 0.717) is 0 Å². The maximum atomic E-state index is 11.2. The Morgan fingerprint density at radius 3 is 2.59 bits per heavy atom. The van der Waals surface area contributed by atoms with Gasteiger partial charge in [0.05, 0.1) is 23.2 Å². The number of hydrogen-bond donors (Lipinski definition) is 3. The van der Waals surface area contributed by atoms with Gasteiger partial charge in [0, 0.05) is 12.7 Å². The van der Waals surface area contributed by atoms with Crippen LogP contribution in [0.25, 0.3) is 11.0 Å². The van der Waals surface area contributed by atoms with Crippen molar-refractivity contribution in [3.63, 3.8) is 0 Å². The fourth-order valence-electron chi connectivity index (χ4n) is 1.68. The molecule has 0 atom stereocenters. The third-order valence-electron chi connectivity index (χ3n) is 3.18. The molecular weight excluding hydrogens is 218 g/mol. The number of anilines is 1. The molecule has 0 saturated heterocycles. The van der Waals surface area contributed by atoms with Gasteiger partial charge in [-0.2, -0.15) is 0 Å². The summed E-state index contributed by atoms with van der Waals surface area (Å²) in [6, 6.07) is 5.67. The number of aliphatic hydroxyl groups is 1. The van der Waals surface area contributed by atoms with Crippen molar-refractivity contribution < 1.29 is 5.11 Å². The molecule has 1 aromatic heterocycles. The Hall–Kier alpha value is -1.75. The van der Waals surface area contributed by atoms with Crippen LogP contribution in [0.15, 0.2) is 23.0 Å². The molecule has 0 radical (unpaired) electrons. The van der Waals surface area contributed by atoms with Crippen molar-refractivity contribution in [3.05, 3.63) is 28.7 Å². The molecule has 2 rings (SSSR count). The van der Waals surface area contributed by atoms with Crippen LogP contribution in [0.1, 0.15) is 13.8 Å². The molecule has 5 heteroatoms. The van der Waals surface area contributed by atoms with Crippen LogP contribution in [0.3, 0.4) is 0 Å². The van der Waals surface area contributed by atoms with E-state index in [1.807, 2.05) is 44.0 Å². The first-order chi connectivity index (χ1) is 7.94. The van der Waals surface area contributed by atoms with Crippen molar-refractivity contribution in [3.8, 4) is 0 Å². The second-order valence-electron chi connectivity index (χ2n) is 4.84. The van der Waals surface area contributed by atoms with Crippen LogP contribution in [0, 0.1) is 0 Å². The summed E-state index contributed by atoms with van der Waals surface area (Å²) >= 11 is 0. The zero-order valence-corrected chi connectivity index (χ0v) is 10.2. The minimum absolute atomic E-state index is 0.0607. The van der Waals surface area contributed by atoms with Gasteiger partial charge < -0.3 is 20.0 Å². The molecule has 3 N–H and O–H groups in total. The van der Waals surface area contributed by atoms with Gasteiger partial charge in [-0.05, 0) is 32.0 Å². The number of imidazole rings is 1. The Bertz CT molecular complexity index is 583. The Kier molecular flexibility index (Phi) is 2.71. The van der Waals surface area contributed by atoms with E-state index < -0.39 is 0 Å². The summed E-state index contributed by atoms with van der Waals surface area (Å²) in [7, 11) is 1.92. The van der Waals surface area contributed by atoms with E-state index in [1.165, 1.54) is 0 Å². The number of likely N-dealkylation sites (N-methyl/N-ethyl adjacent to an activating group) is 1. The van der Waals surface area contributed by atoms with E-state index >= 15 is 0 Å². The number of aromatic nitrogens is 2. The van der Waals surface area contributed by atoms with Gasteiger partial charge in [0.2, 0.25) is 0 Å². The minimum Gasteiger partial charge on any atom is -0.394 e. The van der Waals surface area contributed by atoms with E-state index in [4.69, 9.17) is 0 Å². The van der Waals surface area contributed by atoms with Crippen molar-refractivity contribution in [2.24, 2.45) is 0 Å². The minimum atomic E-state index is -0.343. The van der Waals surface area contributed by atoms with Crippen molar-refractivity contribution in [2.75, 3.05) is 18.6 Å². The average molecular weight is 235 g/mol. The molecule has 1 aromatic carbocycles. The molecule has 0 amide bonds. The Balaban J connectivity index is 2.45. The molecular formula is C12H17N3O2. The first-order valence-electron chi connectivity index (χ1n) is 5.51. The molecule has 1 heterocycles. The highest BCUT2D eigenvalue weighted by Gasteiger charge is 2.22. The molecule has 0 aliphatic carbocycles. The van der Waals surface area contributed by atoms with Gasteiger partial charge in [-0.1, -0.05) is 0 Å². The van der Waals surface area contributed by atoms with Gasteiger partial charge in [-0.15, -0.1) is 0 Å². The zero-order chi connectivity index (χ0) is 12.6. The third-order valence-corrected chi connectivity index (χ3v) is 3.18.